The van der Waals surface area contributed by atoms with Crippen molar-refractivity contribution in [3.05, 3.63) is 29.8 Å². The molecule has 15 heavy (non-hydrogen) atoms. The first-order valence-corrected chi connectivity index (χ1v) is 5.92. The lowest BCUT2D eigenvalue weighted by atomic mass is 10.2. The van der Waals surface area contributed by atoms with Crippen molar-refractivity contribution >= 4 is 17.3 Å². The zero-order chi connectivity index (χ0) is 10.5. The van der Waals surface area contributed by atoms with Crippen molar-refractivity contribution in [1.82, 2.24) is 0 Å². The zero-order valence-electron chi connectivity index (χ0n) is 8.71. The van der Waals surface area contributed by atoms with E-state index < -0.39 is 0 Å². The van der Waals surface area contributed by atoms with Crippen molar-refractivity contribution in [2.45, 2.75) is 24.8 Å². The van der Waals surface area contributed by atoms with E-state index in [0.29, 0.717) is 12.0 Å². The fourth-order valence-corrected chi connectivity index (χ4v) is 1.97. The van der Waals surface area contributed by atoms with Crippen LogP contribution < -0.4 is 5.32 Å². The van der Waals surface area contributed by atoms with Crippen LogP contribution in [0.2, 0.25) is 0 Å². The van der Waals surface area contributed by atoms with Crippen LogP contribution in [0.1, 0.15) is 18.4 Å². The van der Waals surface area contributed by atoms with E-state index in [1.54, 1.807) is 0 Å². The van der Waals surface area contributed by atoms with Gasteiger partial charge in [0.2, 0.25) is 0 Å². The van der Waals surface area contributed by atoms with Crippen LogP contribution in [0.15, 0.2) is 24.3 Å². The molecule has 1 aromatic rings. The lowest BCUT2D eigenvalue weighted by Gasteiger charge is -2.12. The lowest BCUT2D eigenvalue weighted by Crippen LogP contribution is -2.18. The second-order valence-electron chi connectivity index (χ2n) is 3.85. The predicted molar refractivity (Wildman–Crippen MR) is 63.5 cm³/mol. The molecule has 1 aliphatic heterocycles. The van der Waals surface area contributed by atoms with Crippen LogP contribution in [-0.2, 0) is 10.6 Å². The highest BCUT2D eigenvalue weighted by molar-refractivity contribution is 6.17. The molecular weight excluding hydrogens is 210 g/mol. The number of hydrogen-bond donors (Lipinski definition) is 1. The minimum absolute atomic E-state index is 0.379. The molecule has 2 nitrogen and oxygen atoms in total. The summed E-state index contributed by atoms with van der Waals surface area (Å²) in [5, 5.41) is 3.38. The van der Waals surface area contributed by atoms with Crippen molar-refractivity contribution in [1.29, 1.82) is 0 Å². The van der Waals surface area contributed by atoms with Gasteiger partial charge in [-0.15, -0.1) is 11.6 Å². The average molecular weight is 226 g/mol. The Labute approximate surface area is 95.6 Å². The van der Waals surface area contributed by atoms with Crippen LogP contribution in [0.25, 0.3) is 0 Å². The van der Waals surface area contributed by atoms with Crippen LogP contribution in [0.3, 0.4) is 0 Å². The van der Waals surface area contributed by atoms with E-state index in [2.05, 4.69) is 17.4 Å². The highest BCUT2D eigenvalue weighted by atomic mass is 35.5. The number of nitrogens with one attached hydrogen (secondary N) is 1. The quantitative estimate of drug-likeness (QED) is 0.796. The molecule has 1 atom stereocenters. The van der Waals surface area contributed by atoms with Crippen molar-refractivity contribution in [2.24, 2.45) is 0 Å². The van der Waals surface area contributed by atoms with E-state index in [1.165, 1.54) is 12.8 Å². The molecule has 1 heterocycles. The van der Waals surface area contributed by atoms with Gasteiger partial charge in [0, 0.05) is 24.7 Å². The summed E-state index contributed by atoms with van der Waals surface area (Å²) in [5.74, 6) is 0.565. The molecule has 1 saturated heterocycles. The molecule has 0 radical (unpaired) electrons. The SMILES string of the molecule is ClCc1cccc(NCC2CCCO2)c1. The molecule has 1 aromatic carbocycles. The second-order valence-corrected chi connectivity index (χ2v) is 4.12. The number of hydrogen-bond acceptors (Lipinski definition) is 2. The second kappa shape index (κ2) is 5.38. The first-order chi connectivity index (χ1) is 7.38. The summed E-state index contributed by atoms with van der Waals surface area (Å²) < 4.78 is 5.54. The van der Waals surface area contributed by atoms with Crippen LogP contribution in [0.4, 0.5) is 5.69 Å². The molecule has 3 heteroatoms. The van der Waals surface area contributed by atoms with E-state index in [1.807, 2.05) is 12.1 Å². The van der Waals surface area contributed by atoms with Crippen LogP contribution in [-0.4, -0.2) is 19.3 Å². The normalized spacial score (nSPS) is 20.5. The minimum Gasteiger partial charge on any atom is -0.382 e. The number of anilines is 1. The Kier molecular flexibility index (Phi) is 3.87. The maximum atomic E-state index is 5.77. The molecule has 0 saturated carbocycles. The van der Waals surface area contributed by atoms with Crippen molar-refractivity contribution in [2.75, 3.05) is 18.5 Å². The maximum absolute atomic E-state index is 5.77. The molecule has 0 spiro atoms. The van der Waals surface area contributed by atoms with Crippen LogP contribution in [0.5, 0.6) is 0 Å². The summed E-state index contributed by atoms with van der Waals surface area (Å²) in [6.45, 7) is 1.81. The van der Waals surface area contributed by atoms with Gasteiger partial charge in [-0.25, -0.2) is 0 Å². The zero-order valence-corrected chi connectivity index (χ0v) is 9.46. The number of ether oxygens (including phenoxy) is 1. The summed E-state index contributed by atoms with van der Waals surface area (Å²) in [5.41, 5.74) is 2.28. The van der Waals surface area contributed by atoms with Gasteiger partial charge in [0.15, 0.2) is 0 Å². The minimum atomic E-state index is 0.379. The van der Waals surface area contributed by atoms with Gasteiger partial charge in [-0.05, 0) is 30.5 Å². The first kappa shape index (κ1) is 10.8. The van der Waals surface area contributed by atoms with Gasteiger partial charge in [-0.2, -0.15) is 0 Å². The summed E-state index contributed by atoms with van der Waals surface area (Å²) >= 11 is 5.77. The van der Waals surface area contributed by atoms with E-state index in [-0.39, 0.29) is 0 Å². The van der Waals surface area contributed by atoms with Crippen LogP contribution in [0, 0.1) is 0 Å². The van der Waals surface area contributed by atoms with Crippen molar-refractivity contribution < 1.29 is 4.74 Å². The smallest absolute Gasteiger partial charge is 0.0748 e. The Bertz CT molecular complexity index is 310. The Morgan fingerprint density at radius 1 is 1.47 bits per heavy atom. The highest BCUT2D eigenvalue weighted by Gasteiger charge is 2.14. The third-order valence-electron chi connectivity index (χ3n) is 2.64. The number of halogens is 1. The van der Waals surface area contributed by atoms with Gasteiger partial charge in [0.05, 0.1) is 6.10 Å². The van der Waals surface area contributed by atoms with Gasteiger partial charge in [-0.1, -0.05) is 12.1 Å². The number of benzene rings is 1. The molecule has 82 valence electrons. The molecule has 1 unspecified atom stereocenters. The number of rotatable bonds is 4. The molecule has 1 aliphatic rings. The third kappa shape index (κ3) is 3.11. The average Bonchev–Trinajstić information content (AvgIpc) is 2.79. The molecule has 0 aliphatic carbocycles. The van der Waals surface area contributed by atoms with Gasteiger partial charge in [0.25, 0.3) is 0 Å². The molecule has 2 rings (SSSR count). The Morgan fingerprint density at radius 3 is 3.13 bits per heavy atom. The summed E-state index contributed by atoms with van der Waals surface area (Å²) in [7, 11) is 0. The largest absolute Gasteiger partial charge is 0.382 e. The van der Waals surface area contributed by atoms with E-state index in [9.17, 15) is 0 Å². The van der Waals surface area contributed by atoms with Crippen LogP contribution >= 0.6 is 11.6 Å². The molecule has 1 fully saturated rings. The third-order valence-corrected chi connectivity index (χ3v) is 2.95. The molecule has 0 amide bonds. The molecular formula is C12H16ClNO. The lowest BCUT2D eigenvalue weighted by molar-refractivity contribution is 0.120. The van der Waals surface area contributed by atoms with Gasteiger partial charge in [0.1, 0.15) is 0 Å². The van der Waals surface area contributed by atoms with Gasteiger partial charge in [-0.3, -0.25) is 0 Å². The van der Waals surface area contributed by atoms with E-state index in [4.69, 9.17) is 16.3 Å². The fraction of sp³-hybridized carbons (Fsp3) is 0.500. The predicted octanol–water partition coefficient (Wildman–Crippen LogP) is 3.02. The topological polar surface area (TPSA) is 21.3 Å². The van der Waals surface area contributed by atoms with E-state index in [0.717, 1.165) is 24.4 Å². The van der Waals surface area contributed by atoms with Gasteiger partial charge >= 0.3 is 0 Å². The summed E-state index contributed by atoms with van der Waals surface area (Å²) in [6.07, 6.45) is 2.74. The summed E-state index contributed by atoms with van der Waals surface area (Å²) in [6, 6.07) is 8.20. The monoisotopic (exact) mass is 225 g/mol. The van der Waals surface area contributed by atoms with Crippen molar-refractivity contribution in [3.63, 3.8) is 0 Å². The maximum Gasteiger partial charge on any atom is 0.0748 e. The Hall–Kier alpha value is -0.730. The highest BCUT2D eigenvalue weighted by Crippen LogP contribution is 2.15. The molecule has 0 bridgehead atoms. The van der Waals surface area contributed by atoms with E-state index >= 15 is 0 Å². The Balaban J connectivity index is 1.86. The first-order valence-electron chi connectivity index (χ1n) is 5.39. The Morgan fingerprint density at radius 2 is 2.40 bits per heavy atom. The summed E-state index contributed by atoms with van der Waals surface area (Å²) in [4.78, 5) is 0. The molecule has 1 N–H and O–H groups in total. The molecule has 0 aromatic heterocycles. The number of alkyl halides is 1. The van der Waals surface area contributed by atoms with Crippen molar-refractivity contribution in [3.8, 4) is 0 Å². The van der Waals surface area contributed by atoms with Gasteiger partial charge < -0.3 is 10.1 Å². The fourth-order valence-electron chi connectivity index (χ4n) is 1.80. The standard InChI is InChI=1S/C12H16ClNO/c13-8-10-3-1-4-11(7-10)14-9-12-5-2-6-15-12/h1,3-4,7,12,14H,2,5-6,8-9H2.